The van der Waals surface area contributed by atoms with Crippen LogP contribution in [0, 0.1) is 0 Å². The van der Waals surface area contributed by atoms with Crippen LogP contribution in [0.25, 0.3) is 0 Å². The molecule has 0 aliphatic rings. The SMILES string of the molecule is CC(=O)NCCCOC(=O)C(=CC(=O)O)CCCNC(C)=O. The molecule has 8 nitrogen and oxygen atoms in total. The van der Waals surface area contributed by atoms with Crippen molar-refractivity contribution in [3.63, 3.8) is 0 Å². The zero-order valence-corrected chi connectivity index (χ0v) is 12.8. The first kappa shape index (κ1) is 19.6. The van der Waals surface area contributed by atoms with Gasteiger partial charge in [-0.15, -0.1) is 0 Å². The molecule has 0 aliphatic heterocycles. The van der Waals surface area contributed by atoms with Crippen LogP contribution in [0.5, 0.6) is 0 Å². The molecule has 0 radical (unpaired) electrons. The summed E-state index contributed by atoms with van der Waals surface area (Å²) in [5.74, 6) is -2.29. The minimum absolute atomic E-state index is 0.0392. The first-order valence-corrected chi connectivity index (χ1v) is 6.92. The Morgan fingerprint density at radius 2 is 1.55 bits per heavy atom. The number of aliphatic carboxylic acids is 1. The molecule has 0 aliphatic carbocycles. The van der Waals surface area contributed by atoms with Crippen LogP contribution in [0.15, 0.2) is 11.6 Å². The van der Waals surface area contributed by atoms with Gasteiger partial charge in [-0.2, -0.15) is 0 Å². The average molecular weight is 314 g/mol. The summed E-state index contributed by atoms with van der Waals surface area (Å²) in [6.45, 7) is 3.57. The molecule has 3 N–H and O–H groups in total. The number of carboxylic acids is 1. The Labute approximate surface area is 128 Å². The van der Waals surface area contributed by atoms with Gasteiger partial charge in [0.2, 0.25) is 11.8 Å². The van der Waals surface area contributed by atoms with Crippen LogP contribution in [-0.4, -0.2) is 48.6 Å². The minimum Gasteiger partial charge on any atom is -0.478 e. The topological polar surface area (TPSA) is 122 Å². The van der Waals surface area contributed by atoms with Gasteiger partial charge >= 0.3 is 11.9 Å². The Kier molecular flexibility index (Phi) is 10.1. The average Bonchev–Trinajstić information content (AvgIpc) is 2.40. The summed E-state index contributed by atoms with van der Waals surface area (Å²) in [5.41, 5.74) is 0.0392. The summed E-state index contributed by atoms with van der Waals surface area (Å²) in [6, 6.07) is 0. The Balaban J connectivity index is 4.20. The van der Waals surface area contributed by atoms with Gasteiger partial charge in [0.25, 0.3) is 0 Å². The van der Waals surface area contributed by atoms with E-state index >= 15 is 0 Å². The Hall–Kier alpha value is -2.38. The highest BCUT2D eigenvalue weighted by molar-refractivity contribution is 5.95. The van der Waals surface area contributed by atoms with Crippen LogP contribution in [0.2, 0.25) is 0 Å². The first-order chi connectivity index (χ1) is 10.3. The molecule has 0 atom stereocenters. The van der Waals surface area contributed by atoms with Gasteiger partial charge in [0, 0.05) is 38.6 Å². The fourth-order valence-corrected chi connectivity index (χ4v) is 1.52. The Morgan fingerprint density at radius 3 is 2.05 bits per heavy atom. The molecule has 0 bridgehead atoms. The summed E-state index contributed by atoms with van der Waals surface area (Å²) < 4.78 is 4.96. The van der Waals surface area contributed by atoms with Crippen molar-refractivity contribution in [1.29, 1.82) is 0 Å². The number of carbonyl (C=O) groups is 4. The van der Waals surface area contributed by atoms with Crippen LogP contribution < -0.4 is 10.6 Å². The summed E-state index contributed by atoms with van der Waals surface area (Å²) in [6.07, 6.45) is 1.87. The van der Waals surface area contributed by atoms with Gasteiger partial charge in [-0.05, 0) is 19.3 Å². The van der Waals surface area contributed by atoms with Crippen LogP contribution in [0.4, 0.5) is 0 Å². The number of carboxylic acid groups (broad SMARTS) is 1. The smallest absolute Gasteiger partial charge is 0.334 e. The van der Waals surface area contributed by atoms with E-state index in [1.165, 1.54) is 13.8 Å². The second kappa shape index (κ2) is 11.3. The molecule has 0 spiro atoms. The number of nitrogens with one attached hydrogen (secondary N) is 2. The fourth-order valence-electron chi connectivity index (χ4n) is 1.52. The number of amides is 2. The molecule has 0 saturated carbocycles. The highest BCUT2D eigenvalue weighted by Crippen LogP contribution is 2.07. The number of hydrogen-bond donors (Lipinski definition) is 3. The van der Waals surface area contributed by atoms with Gasteiger partial charge in [0.05, 0.1) is 6.61 Å². The summed E-state index contributed by atoms with van der Waals surface area (Å²) in [4.78, 5) is 43.8. The van der Waals surface area contributed by atoms with Crippen molar-refractivity contribution in [2.24, 2.45) is 0 Å². The monoisotopic (exact) mass is 314 g/mol. The van der Waals surface area contributed by atoms with Gasteiger partial charge in [0.1, 0.15) is 0 Å². The lowest BCUT2D eigenvalue weighted by Crippen LogP contribution is -2.23. The van der Waals surface area contributed by atoms with E-state index in [9.17, 15) is 19.2 Å². The zero-order chi connectivity index (χ0) is 17.0. The number of rotatable bonds is 10. The summed E-state index contributed by atoms with van der Waals surface area (Å²) in [7, 11) is 0. The van der Waals surface area contributed by atoms with Crippen molar-refractivity contribution in [3.8, 4) is 0 Å². The van der Waals surface area contributed by atoms with Crippen molar-refractivity contribution in [2.45, 2.75) is 33.1 Å². The molecule has 0 unspecified atom stereocenters. The van der Waals surface area contributed by atoms with Crippen molar-refractivity contribution >= 4 is 23.8 Å². The molecule has 0 aromatic heterocycles. The Bertz CT molecular complexity index is 445. The molecule has 0 fully saturated rings. The lowest BCUT2D eigenvalue weighted by atomic mass is 10.1. The highest BCUT2D eigenvalue weighted by atomic mass is 16.5. The lowest BCUT2D eigenvalue weighted by molar-refractivity contribution is -0.140. The van der Waals surface area contributed by atoms with Gasteiger partial charge in [-0.25, -0.2) is 9.59 Å². The second-order valence-electron chi connectivity index (χ2n) is 4.57. The molecule has 0 aromatic carbocycles. The van der Waals surface area contributed by atoms with Crippen LogP contribution >= 0.6 is 0 Å². The van der Waals surface area contributed by atoms with Crippen molar-refractivity contribution in [1.82, 2.24) is 10.6 Å². The van der Waals surface area contributed by atoms with E-state index in [0.29, 0.717) is 25.9 Å². The standard InChI is InChI=1S/C14H22N2O6/c1-10(17)15-6-3-5-12(9-13(19)20)14(21)22-8-4-7-16-11(2)18/h9H,3-8H2,1-2H3,(H,15,17)(H,16,18)(H,19,20). The van der Waals surface area contributed by atoms with E-state index < -0.39 is 11.9 Å². The minimum atomic E-state index is -1.23. The fraction of sp³-hybridized carbons (Fsp3) is 0.571. The number of carbonyl (C=O) groups excluding carboxylic acids is 3. The van der Waals surface area contributed by atoms with E-state index in [2.05, 4.69) is 10.6 Å². The molecule has 124 valence electrons. The van der Waals surface area contributed by atoms with Crippen molar-refractivity contribution in [3.05, 3.63) is 11.6 Å². The highest BCUT2D eigenvalue weighted by Gasteiger charge is 2.12. The molecular weight excluding hydrogens is 292 g/mol. The van der Waals surface area contributed by atoms with E-state index in [-0.39, 0.29) is 30.4 Å². The van der Waals surface area contributed by atoms with Crippen LogP contribution in [-0.2, 0) is 23.9 Å². The number of esters is 1. The third kappa shape index (κ3) is 11.4. The second-order valence-corrected chi connectivity index (χ2v) is 4.57. The molecule has 2 amide bonds. The van der Waals surface area contributed by atoms with E-state index in [1.54, 1.807) is 0 Å². The third-order valence-corrected chi connectivity index (χ3v) is 2.48. The summed E-state index contributed by atoms with van der Waals surface area (Å²) >= 11 is 0. The largest absolute Gasteiger partial charge is 0.478 e. The predicted octanol–water partition coefficient (Wildman–Crippen LogP) is -0.0169. The normalized spacial score (nSPS) is 10.7. The Morgan fingerprint density at radius 1 is 1.00 bits per heavy atom. The molecule has 8 heteroatoms. The maximum Gasteiger partial charge on any atom is 0.334 e. The molecule has 0 heterocycles. The molecule has 0 rings (SSSR count). The van der Waals surface area contributed by atoms with Crippen molar-refractivity contribution in [2.75, 3.05) is 19.7 Å². The molecule has 22 heavy (non-hydrogen) atoms. The van der Waals surface area contributed by atoms with Crippen molar-refractivity contribution < 1.29 is 29.0 Å². The lowest BCUT2D eigenvalue weighted by Gasteiger charge is -2.08. The molecular formula is C14H22N2O6. The van der Waals surface area contributed by atoms with E-state index in [4.69, 9.17) is 9.84 Å². The van der Waals surface area contributed by atoms with Crippen LogP contribution in [0.3, 0.4) is 0 Å². The number of hydrogen-bond acceptors (Lipinski definition) is 5. The van der Waals surface area contributed by atoms with E-state index in [1.807, 2.05) is 0 Å². The third-order valence-electron chi connectivity index (χ3n) is 2.48. The molecule has 0 aromatic rings. The predicted molar refractivity (Wildman–Crippen MR) is 77.9 cm³/mol. The maximum atomic E-state index is 11.8. The summed E-state index contributed by atoms with van der Waals surface area (Å²) in [5, 5.41) is 13.9. The number of ether oxygens (including phenoxy) is 1. The van der Waals surface area contributed by atoms with Gasteiger partial charge in [-0.1, -0.05) is 0 Å². The zero-order valence-electron chi connectivity index (χ0n) is 12.8. The van der Waals surface area contributed by atoms with Gasteiger partial charge in [-0.3, -0.25) is 9.59 Å². The van der Waals surface area contributed by atoms with Gasteiger partial charge < -0.3 is 20.5 Å². The molecule has 0 saturated heterocycles. The van der Waals surface area contributed by atoms with E-state index in [0.717, 1.165) is 6.08 Å². The quantitative estimate of drug-likeness (QED) is 0.296. The van der Waals surface area contributed by atoms with Gasteiger partial charge in [0.15, 0.2) is 0 Å². The van der Waals surface area contributed by atoms with Crippen LogP contribution in [0.1, 0.15) is 33.1 Å². The maximum absolute atomic E-state index is 11.8. The first-order valence-electron chi connectivity index (χ1n) is 6.92.